The molecule has 1 heterocycles. The standard InChI is InChI=1S/C17H14ClNO3/c1-21-14-4-2-3-12(9-14)17-15(10-20)16(19-22-17)11-5-7-13(18)8-6-11/h2-9,20H,10H2,1H3. The van der Waals surface area contributed by atoms with E-state index in [-0.39, 0.29) is 6.61 Å². The monoisotopic (exact) mass is 315 g/mol. The van der Waals surface area contributed by atoms with Crippen LogP contribution in [-0.4, -0.2) is 17.4 Å². The molecule has 0 bridgehead atoms. The third-order valence-corrected chi connectivity index (χ3v) is 3.65. The van der Waals surface area contributed by atoms with Gasteiger partial charge in [-0.1, -0.05) is 41.0 Å². The maximum absolute atomic E-state index is 9.73. The average Bonchev–Trinajstić information content (AvgIpc) is 2.99. The smallest absolute Gasteiger partial charge is 0.173 e. The molecule has 112 valence electrons. The van der Waals surface area contributed by atoms with Crippen molar-refractivity contribution in [3.05, 3.63) is 59.1 Å². The number of halogens is 1. The number of ether oxygens (including phenoxy) is 1. The van der Waals surface area contributed by atoms with E-state index in [1.54, 1.807) is 19.2 Å². The highest BCUT2D eigenvalue weighted by Crippen LogP contribution is 2.34. The molecule has 5 heteroatoms. The number of benzene rings is 2. The Morgan fingerprint density at radius 3 is 2.59 bits per heavy atom. The van der Waals surface area contributed by atoms with E-state index in [2.05, 4.69) is 5.16 Å². The van der Waals surface area contributed by atoms with Crippen molar-refractivity contribution >= 4 is 11.6 Å². The summed E-state index contributed by atoms with van der Waals surface area (Å²) in [6.45, 7) is -0.173. The van der Waals surface area contributed by atoms with Crippen LogP contribution in [-0.2, 0) is 6.61 Å². The fraction of sp³-hybridized carbons (Fsp3) is 0.118. The van der Waals surface area contributed by atoms with Gasteiger partial charge < -0.3 is 14.4 Å². The number of hydrogen-bond acceptors (Lipinski definition) is 4. The first-order valence-corrected chi connectivity index (χ1v) is 7.10. The topological polar surface area (TPSA) is 55.5 Å². The quantitative estimate of drug-likeness (QED) is 0.785. The van der Waals surface area contributed by atoms with Crippen LogP contribution in [0, 0.1) is 0 Å². The summed E-state index contributed by atoms with van der Waals surface area (Å²) in [4.78, 5) is 0. The molecule has 0 spiro atoms. The van der Waals surface area contributed by atoms with E-state index in [0.717, 1.165) is 11.1 Å². The average molecular weight is 316 g/mol. The largest absolute Gasteiger partial charge is 0.497 e. The van der Waals surface area contributed by atoms with Crippen molar-refractivity contribution in [2.45, 2.75) is 6.61 Å². The minimum absolute atomic E-state index is 0.173. The summed E-state index contributed by atoms with van der Waals surface area (Å²) in [5, 5.41) is 14.5. The van der Waals surface area contributed by atoms with E-state index >= 15 is 0 Å². The zero-order valence-electron chi connectivity index (χ0n) is 11.9. The number of nitrogens with zero attached hydrogens (tertiary/aromatic N) is 1. The maximum atomic E-state index is 9.73. The van der Waals surface area contributed by atoms with Gasteiger partial charge in [-0.3, -0.25) is 0 Å². The van der Waals surface area contributed by atoms with E-state index in [1.807, 2.05) is 36.4 Å². The number of rotatable bonds is 4. The minimum Gasteiger partial charge on any atom is -0.497 e. The normalized spacial score (nSPS) is 10.7. The van der Waals surface area contributed by atoms with Gasteiger partial charge >= 0.3 is 0 Å². The molecule has 0 aliphatic rings. The fourth-order valence-corrected chi connectivity index (χ4v) is 2.41. The zero-order chi connectivity index (χ0) is 15.5. The molecular weight excluding hydrogens is 302 g/mol. The van der Waals surface area contributed by atoms with Gasteiger partial charge in [0.2, 0.25) is 0 Å². The zero-order valence-corrected chi connectivity index (χ0v) is 12.7. The third-order valence-electron chi connectivity index (χ3n) is 3.40. The molecular formula is C17H14ClNO3. The van der Waals surface area contributed by atoms with E-state index < -0.39 is 0 Å². The van der Waals surface area contributed by atoms with Gasteiger partial charge in [0.25, 0.3) is 0 Å². The summed E-state index contributed by atoms with van der Waals surface area (Å²) in [5.41, 5.74) is 2.88. The second-order valence-corrected chi connectivity index (χ2v) is 5.17. The third kappa shape index (κ3) is 2.71. The SMILES string of the molecule is COc1cccc(-c2onc(-c3ccc(Cl)cc3)c2CO)c1. The summed E-state index contributed by atoms with van der Waals surface area (Å²) < 4.78 is 10.7. The molecule has 0 aliphatic heterocycles. The van der Waals surface area contributed by atoms with Gasteiger partial charge in [-0.25, -0.2) is 0 Å². The number of aliphatic hydroxyl groups is 1. The van der Waals surface area contributed by atoms with Crippen LogP contribution >= 0.6 is 11.6 Å². The second kappa shape index (κ2) is 6.22. The van der Waals surface area contributed by atoms with E-state index in [9.17, 15) is 5.11 Å². The van der Waals surface area contributed by atoms with Crippen molar-refractivity contribution in [3.63, 3.8) is 0 Å². The molecule has 3 aromatic rings. The molecule has 0 unspecified atom stereocenters. The van der Waals surface area contributed by atoms with Gasteiger partial charge in [0.15, 0.2) is 5.76 Å². The van der Waals surface area contributed by atoms with Gasteiger partial charge in [-0.2, -0.15) is 0 Å². The van der Waals surface area contributed by atoms with Crippen LogP contribution in [0.1, 0.15) is 5.56 Å². The summed E-state index contributed by atoms with van der Waals surface area (Å²) in [5.74, 6) is 1.25. The summed E-state index contributed by atoms with van der Waals surface area (Å²) in [7, 11) is 1.60. The lowest BCUT2D eigenvalue weighted by Gasteiger charge is -2.04. The molecule has 0 aliphatic carbocycles. The first kappa shape index (κ1) is 14.6. The van der Waals surface area contributed by atoms with E-state index in [4.69, 9.17) is 20.9 Å². The second-order valence-electron chi connectivity index (χ2n) is 4.74. The molecule has 0 amide bonds. The molecule has 0 radical (unpaired) electrons. The Bertz CT molecular complexity index is 781. The Morgan fingerprint density at radius 1 is 1.14 bits per heavy atom. The van der Waals surface area contributed by atoms with E-state index in [1.165, 1.54) is 0 Å². The highest BCUT2D eigenvalue weighted by atomic mass is 35.5. The molecule has 1 N–H and O–H groups in total. The highest BCUT2D eigenvalue weighted by molar-refractivity contribution is 6.30. The Labute approximate surface area is 132 Å². The highest BCUT2D eigenvalue weighted by Gasteiger charge is 2.18. The fourth-order valence-electron chi connectivity index (χ4n) is 2.28. The van der Waals surface area contributed by atoms with Crippen LogP contribution < -0.4 is 4.74 Å². The Hall–Kier alpha value is -2.30. The van der Waals surface area contributed by atoms with Crippen LogP contribution in [0.5, 0.6) is 5.75 Å². The number of hydrogen-bond donors (Lipinski definition) is 1. The van der Waals surface area contributed by atoms with Crippen molar-refractivity contribution in [3.8, 4) is 28.3 Å². The van der Waals surface area contributed by atoms with Crippen molar-refractivity contribution in [2.75, 3.05) is 7.11 Å². The van der Waals surface area contributed by atoms with Gasteiger partial charge in [0.1, 0.15) is 11.4 Å². The molecule has 22 heavy (non-hydrogen) atoms. The number of aliphatic hydroxyl groups excluding tert-OH is 1. The van der Waals surface area contributed by atoms with Crippen molar-refractivity contribution in [2.24, 2.45) is 0 Å². The molecule has 1 aromatic heterocycles. The Morgan fingerprint density at radius 2 is 1.91 bits per heavy atom. The molecule has 0 saturated heterocycles. The molecule has 0 saturated carbocycles. The lowest BCUT2D eigenvalue weighted by atomic mass is 10.0. The molecule has 0 fully saturated rings. The van der Waals surface area contributed by atoms with Crippen LogP contribution in [0.25, 0.3) is 22.6 Å². The summed E-state index contributed by atoms with van der Waals surface area (Å²) in [6, 6.07) is 14.7. The van der Waals surface area contributed by atoms with Crippen molar-refractivity contribution in [1.82, 2.24) is 5.16 Å². The Balaban J connectivity index is 2.08. The van der Waals surface area contributed by atoms with Gasteiger partial charge in [0, 0.05) is 16.1 Å². The molecule has 4 nitrogen and oxygen atoms in total. The van der Waals surface area contributed by atoms with Crippen LogP contribution in [0.15, 0.2) is 53.1 Å². The molecule has 2 aromatic carbocycles. The predicted molar refractivity (Wildman–Crippen MR) is 84.9 cm³/mol. The van der Waals surface area contributed by atoms with Gasteiger partial charge in [0.05, 0.1) is 19.3 Å². The van der Waals surface area contributed by atoms with Crippen LogP contribution in [0.2, 0.25) is 5.02 Å². The first-order valence-electron chi connectivity index (χ1n) is 6.72. The van der Waals surface area contributed by atoms with Crippen LogP contribution in [0.4, 0.5) is 0 Å². The first-order chi connectivity index (χ1) is 10.7. The van der Waals surface area contributed by atoms with Gasteiger partial charge in [-0.15, -0.1) is 0 Å². The van der Waals surface area contributed by atoms with Crippen LogP contribution in [0.3, 0.4) is 0 Å². The molecule has 0 atom stereocenters. The minimum atomic E-state index is -0.173. The molecule has 3 rings (SSSR count). The summed E-state index contributed by atoms with van der Waals surface area (Å²) >= 11 is 5.90. The number of methoxy groups -OCH3 is 1. The lowest BCUT2D eigenvalue weighted by Crippen LogP contribution is -1.90. The maximum Gasteiger partial charge on any atom is 0.173 e. The van der Waals surface area contributed by atoms with Crippen molar-refractivity contribution in [1.29, 1.82) is 0 Å². The van der Waals surface area contributed by atoms with Gasteiger partial charge in [-0.05, 0) is 24.3 Å². The Kier molecular flexibility index (Phi) is 4.13. The van der Waals surface area contributed by atoms with Crippen molar-refractivity contribution < 1.29 is 14.4 Å². The van der Waals surface area contributed by atoms with E-state index in [0.29, 0.717) is 27.8 Å². The summed E-state index contributed by atoms with van der Waals surface area (Å²) in [6.07, 6.45) is 0. The lowest BCUT2D eigenvalue weighted by molar-refractivity contribution is 0.281. The number of aromatic nitrogens is 1. The predicted octanol–water partition coefficient (Wildman–Crippen LogP) is 4.16.